The summed E-state index contributed by atoms with van der Waals surface area (Å²) in [4.78, 5) is 24.8. The molecule has 4 aromatic rings. The maximum absolute atomic E-state index is 14.0. The van der Waals surface area contributed by atoms with E-state index < -0.39 is 28.9 Å². The van der Waals surface area contributed by atoms with Gasteiger partial charge in [0.25, 0.3) is 0 Å². The molecule has 0 atom stereocenters. The minimum atomic E-state index is -4.95. The third-order valence-electron chi connectivity index (χ3n) is 5.57. The minimum Gasteiger partial charge on any atom is -0.493 e. The highest BCUT2D eigenvalue weighted by atomic mass is 19.4. The number of carbonyl (C=O) groups is 1. The molecule has 0 bridgehead atoms. The number of hydrogen-bond donors (Lipinski definition) is 0. The Kier molecular flexibility index (Phi) is 7.10. The summed E-state index contributed by atoms with van der Waals surface area (Å²) in [7, 11) is 4.00. The second-order valence-electron chi connectivity index (χ2n) is 7.84. The van der Waals surface area contributed by atoms with Crippen molar-refractivity contribution in [1.82, 2.24) is 0 Å². The second kappa shape index (κ2) is 10.3. The van der Waals surface area contributed by atoms with Crippen LogP contribution in [0, 0.1) is 0 Å². The van der Waals surface area contributed by atoms with E-state index in [1.807, 2.05) is 0 Å². The first-order valence-corrected chi connectivity index (χ1v) is 10.9. The first-order valence-electron chi connectivity index (χ1n) is 10.9. The number of rotatable bonds is 7. The van der Waals surface area contributed by atoms with Gasteiger partial charge in [0, 0.05) is 6.07 Å². The number of fused-ring (bicyclic) bond motifs is 1. The number of alkyl halides is 3. The van der Waals surface area contributed by atoms with Gasteiger partial charge < -0.3 is 23.4 Å². The molecule has 4 rings (SSSR count). The summed E-state index contributed by atoms with van der Waals surface area (Å²) in [6.07, 6.45) is -4.95. The summed E-state index contributed by atoms with van der Waals surface area (Å²) >= 11 is 0. The van der Waals surface area contributed by atoms with Gasteiger partial charge in [-0.25, -0.2) is 4.79 Å². The van der Waals surface area contributed by atoms with Crippen molar-refractivity contribution in [2.24, 2.45) is 0 Å². The lowest BCUT2D eigenvalue weighted by atomic mass is 10.0. The Morgan fingerprint density at radius 3 is 2.22 bits per heavy atom. The van der Waals surface area contributed by atoms with Crippen molar-refractivity contribution in [2.45, 2.75) is 12.8 Å². The number of benzene rings is 3. The zero-order valence-corrected chi connectivity index (χ0v) is 20.0. The topological polar surface area (TPSA) is 84.2 Å². The van der Waals surface area contributed by atoms with Gasteiger partial charge >= 0.3 is 12.1 Å². The fourth-order valence-electron chi connectivity index (χ4n) is 3.74. The lowest BCUT2D eigenvalue weighted by molar-refractivity contribution is -0.152. The number of esters is 1. The number of carbonyl (C=O) groups excluding carboxylic acids is 1. The van der Waals surface area contributed by atoms with Crippen molar-refractivity contribution in [3.05, 3.63) is 87.8 Å². The predicted octanol–water partition coefficient (Wildman–Crippen LogP) is 5.86. The fourth-order valence-corrected chi connectivity index (χ4v) is 3.74. The van der Waals surface area contributed by atoms with Crippen molar-refractivity contribution >= 4 is 16.9 Å². The zero-order chi connectivity index (χ0) is 26.7. The Morgan fingerprint density at radius 2 is 1.59 bits per heavy atom. The molecular weight excluding hydrogens is 493 g/mol. The maximum atomic E-state index is 14.0. The smallest absolute Gasteiger partial charge is 0.450 e. The predicted molar refractivity (Wildman–Crippen MR) is 128 cm³/mol. The van der Waals surface area contributed by atoms with E-state index in [-0.39, 0.29) is 34.6 Å². The number of hydrogen-bond acceptors (Lipinski definition) is 7. The quantitative estimate of drug-likeness (QED) is 0.286. The van der Waals surface area contributed by atoms with E-state index in [1.165, 1.54) is 57.7 Å². The van der Waals surface area contributed by atoms with Crippen LogP contribution >= 0.6 is 0 Å². The maximum Gasteiger partial charge on any atom is 0.450 e. The van der Waals surface area contributed by atoms with E-state index in [0.29, 0.717) is 16.9 Å². The van der Waals surface area contributed by atoms with Crippen molar-refractivity contribution in [3.8, 4) is 28.4 Å². The molecule has 0 amide bonds. The molecule has 3 aromatic carbocycles. The average Bonchev–Trinajstić information content (AvgIpc) is 2.90. The molecule has 0 aliphatic carbocycles. The Labute approximate surface area is 208 Å². The average molecular weight is 514 g/mol. The molecule has 0 spiro atoms. The molecular formula is C27H21F3O7. The zero-order valence-electron chi connectivity index (χ0n) is 20.0. The molecule has 1 aromatic heterocycles. The van der Waals surface area contributed by atoms with Gasteiger partial charge in [-0.2, -0.15) is 13.2 Å². The number of halogens is 3. The van der Waals surface area contributed by atoms with Gasteiger partial charge in [0.2, 0.25) is 11.2 Å². The van der Waals surface area contributed by atoms with Crippen LogP contribution in [0.3, 0.4) is 0 Å². The first kappa shape index (κ1) is 25.6. The highest BCUT2D eigenvalue weighted by Gasteiger charge is 2.39. The molecule has 0 N–H and O–H groups in total. The monoisotopic (exact) mass is 514 g/mol. The molecule has 0 radical (unpaired) electrons. The van der Waals surface area contributed by atoms with E-state index >= 15 is 0 Å². The van der Waals surface area contributed by atoms with Crippen LogP contribution in [0.15, 0.2) is 69.9 Å². The van der Waals surface area contributed by atoms with Crippen LogP contribution in [0.5, 0.6) is 17.2 Å². The molecule has 7 nitrogen and oxygen atoms in total. The highest BCUT2D eigenvalue weighted by molar-refractivity contribution is 5.89. The van der Waals surface area contributed by atoms with Gasteiger partial charge in [-0.15, -0.1) is 0 Å². The van der Waals surface area contributed by atoms with Gasteiger partial charge in [-0.05, 0) is 47.5 Å². The van der Waals surface area contributed by atoms with Crippen LogP contribution in [0.25, 0.3) is 22.1 Å². The summed E-state index contributed by atoms with van der Waals surface area (Å²) in [5.41, 5.74) is -0.736. The lowest BCUT2D eigenvalue weighted by Gasteiger charge is -2.15. The van der Waals surface area contributed by atoms with E-state index in [1.54, 1.807) is 24.3 Å². The number of ether oxygens (including phenoxy) is 4. The van der Waals surface area contributed by atoms with Crippen LogP contribution in [0.4, 0.5) is 13.2 Å². The van der Waals surface area contributed by atoms with Crippen molar-refractivity contribution in [3.63, 3.8) is 0 Å². The van der Waals surface area contributed by atoms with Gasteiger partial charge in [-0.1, -0.05) is 18.2 Å². The molecule has 0 unspecified atom stereocenters. The van der Waals surface area contributed by atoms with Gasteiger partial charge in [-0.3, -0.25) is 4.79 Å². The van der Waals surface area contributed by atoms with Crippen molar-refractivity contribution < 1.29 is 41.3 Å². The molecule has 0 saturated carbocycles. The SMILES string of the molecule is COC(=O)c1ccc(COc2ccc3c(=O)c(-c4ccc(OC)c(OC)c4)c(C(F)(F)F)oc3c2)cc1. The Morgan fingerprint density at radius 1 is 0.892 bits per heavy atom. The first-order chi connectivity index (χ1) is 17.7. The standard InChI is InChI=1S/C27H21F3O7/c1-33-20-11-8-17(12-22(20)34-2)23-24(31)19-10-9-18(13-21(19)37-25(23)27(28,29)30)36-14-15-4-6-16(7-5-15)26(32)35-3/h4-13H,14H2,1-3H3. The van der Waals surface area contributed by atoms with Crippen LogP contribution in [-0.4, -0.2) is 27.3 Å². The summed E-state index contributed by atoms with van der Waals surface area (Å²) in [5, 5.41) is -0.0486. The highest BCUT2D eigenvalue weighted by Crippen LogP contribution is 2.40. The van der Waals surface area contributed by atoms with Crippen LogP contribution in [-0.2, 0) is 17.5 Å². The third kappa shape index (κ3) is 5.23. The summed E-state index contributed by atoms with van der Waals surface area (Å²) in [6, 6.07) is 14.5. The van der Waals surface area contributed by atoms with E-state index in [4.69, 9.17) is 18.6 Å². The van der Waals surface area contributed by atoms with Gasteiger partial charge in [0.05, 0.1) is 37.8 Å². The Balaban J connectivity index is 1.72. The Bertz CT molecular complexity index is 1510. The molecule has 0 aliphatic rings. The minimum absolute atomic E-state index is 0.0312. The third-order valence-corrected chi connectivity index (χ3v) is 5.57. The Hall–Kier alpha value is -4.47. The molecule has 0 saturated heterocycles. The molecule has 0 aliphatic heterocycles. The largest absolute Gasteiger partial charge is 0.493 e. The molecule has 10 heteroatoms. The molecule has 0 fully saturated rings. The fraction of sp³-hybridized carbons (Fsp3) is 0.185. The summed E-state index contributed by atoms with van der Waals surface area (Å²) < 4.78 is 67.9. The van der Waals surface area contributed by atoms with Crippen LogP contribution < -0.4 is 19.6 Å². The molecule has 1 heterocycles. The van der Waals surface area contributed by atoms with Crippen molar-refractivity contribution in [2.75, 3.05) is 21.3 Å². The van der Waals surface area contributed by atoms with E-state index in [2.05, 4.69) is 4.74 Å². The van der Waals surface area contributed by atoms with Gasteiger partial charge in [0.1, 0.15) is 17.9 Å². The normalized spacial score (nSPS) is 11.3. The van der Waals surface area contributed by atoms with Crippen LogP contribution in [0.2, 0.25) is 0 Å². The van der Waals surface area contributed by atoms with Crippen LogP contribution in [0.1, 0.15) is 21.7 Å². The van der Waals surface area contributed by atoms with Gasteiger partial charge in [0.15, 0.2) is 11.5 Å². The van der Waals surface area contributed by atoms with Crippen molar-refractivity contribution in [1.29, 1.82) is 0 Å². The molecule has 37 heavy (non-hydrogen) atoms. The van der Waals surface area contributed by atoms with E-state index in [9.17, 15) is 22.8 Å². The van der Waals surface area contributed by atoms with E-state index in [0.717, 1.165) is 0 Å². The molecule has 192 valence electrons. The summed E-state index contributed by atoms with van der Waals surface area (Å²) in [6.45, 7) is 0.0625. The summed E-state index contributed by atoms with van der Waals surface area (Å²) in [5.74, 6) is -1.26. The lowest BCUT2D eigenvalue weighted by Crippen LogP contribution is -2.16. The number of methoxy groups -OCH3 is 3. The second-order valence-corrected chi connectivity index (χ2v) is 7.84.